The minimum Gasteiger partial charge on any atom is -0.502 e. The summed E-state index contributed by atoms with van der Waals surface area (Å²) < 4.78 is 0. The van der Waals surface area contributed by atoms with E-state index in [4.69, 9.17) is 0 Å². The second-order valence-corrected chi connectivity index (χ2v) is 5.27. The van der Waals surface area contributed by atoms with Crippen molar-refractivity contribution in [2.75, 3.05) is 20.1 Å². The number of benzene rings is 1. The zero-order valence-corrected chi connectivity index (χ0v) is 11.9. The maximum absolute atomic E-state index is 12.1. The average Bonchev–Trinajstić information content (AvgIpc) is 2.46. The minimum atomic E-state index is -0.707. The number of carbonyl (C=O) groups is 1. The number of nitro groups is 1. The molecule has 1 aliphatic heterocycles. The highest BCUT2D eigenvalue weighted by Gasteiger charge is 2.23. The third-order valence-electron chi connectivity index (χ3n) is 3.88. The molecule has 1 atom stereocenters. The molecule has 0 spiro atoms. The molecule has 1 unspecified atom stereocenters. The van der Waals surface area contributed by atoms with Crippen molar-refractivity contribution in [3.05, 3.63) is 33.9 Å². The summed E-state index contributed by atoms with van der Waals surface area (Å²) >= 11 is 0. The molecule has 7 nitrogen and oxygen atoms in total. The monoisotopic (exact) mass is 293 g/mol. The van der Waals surface area contributed by atoms with Crippen molar-refractivity contribution in [2.24, 2.45) is 0 Å². The van der Waals surface area contributed by atoms with Crippen LogP contribution in [0.15, 0.2) is 18.2 Å². The lowest BCUT2D eigenvalue weighted by Gasteiger charge is -2.32. The topological polar surface area (TPSA) is 95.7 Å². The van der Waals surface area contributed by atoms with Gasteiger partial charge in [0.1, 0.15) is 0 Å². The van der Waals surface area contributed by atoms with E-state index in [1.54, 1.807) is 0 Å². The van der Waals surface area contributed by atoms with E-state index in [0.717, 1.165) is 25.8 Å². The Bertz CT molecular complexity index is 547. The number of likely N-dealkylation sites (N-methyl/N-ethyl adjacent to an activating group) is 1. The quantitative estimate of drug-likeness (QED) is 0.648. The first-order valence-corrected chi connectivity index (χ1v) is 6.95. The fourth-order valence-electron chi connectivity index (χ4n) is 2.57. The van der Waals surface area contributed by atoms with E-state index < -0.39 is 22.3 Å². The largest absolute Gasteiger partial charge is 0.502 e. The van der Waals surface area contributed by atoms with Crippen molar-refractivity contribution in [1.82, 2.24) is 10.2 Å². The third kappa shape index (κ3) is 3.49. The number of piperidine rings is 1. The molecule has 0 saturated carbocycles. The maximum atomic E-state index is 12.1. The molecule has 1 fully saturated rings. The Balaban J connectivity index is 2.03. The van der Waals surface area contributed by atoms with Gasteiger partial charge in [0.25, 0.3) is 5.91 Å². The van der Waals surface area contributed by atoms with Crippen LogP contribution in [0.25, 0.3) is 0 Å². The summed E-state index contributed by atoms with van der Waals surface area (Å²) in [5, 5.41) is 23.3. The van der Waals surface area contributed by atoms with Gasteiger partial charge in [-0.2, -0.15) is 0 Å². The highest BCUT2D eigenvalue weighted by atomic mass is 16.6. The number of phenols is 1. The van der Waals surface area contributed by atoms with Crippen LogP contribution in [0.3, 0.4) is 0 Å². The summed E-state index contributed by atoms with van der Waals surface area (Å²) in [5.74, 6) is -1.08. The number of nitrogens with zero attached hydrogens (tertiary/aromatic N) is 2. The Morgan fingerprint density at radius 1 is 1.52 bits per heavy atom. The van der Waals surface area contributed by atoms with Crippen LogP contribution in [0.2, 0.25) is 0 Å². The number of nitro benzene ring substituents is 1. The molecular formula is C14H19N3O4. The molecule has 1 heterocycles. The number of phenolic OH excluding ortho intramolecular Hbond substituents is 1. The van der Waals surface area contributed by atoms with Crippen LogP contribution in [-0.2, 0) is 0 Å². The molecule has 1 aliphatic rings. The van der Waals surface area contributed by atoms with Crippen LogP contribution < -0.4 is 5.32 Å². The van der Waals surface area contributed by atoms with Gasteiger partial charge in [0.2, 0.25) is 5.75 Å². The van der Waals surface area contributed by atoms with E-state index in [0.29, 0.717) is 6.54 Å². The van der Waals surface area contributed by atoms with Crippen LogP contribution in [0.5, 0.6) is 5.75 Å². The number of aromatic hydroxyl groups is 1. The van der Waals surface area contributed by atoms with Crippen LogP contribution >= 0.6 is 0 Å². The summed E-state index contributed by atoms with van der Waals surface area (Å²) in [6.07, 6.45) is 3.30. The number of likely N-dealkylation sites (tertiary alicyclic amines) is 1. The number of hydrogen-bond donors (Lipinski definition) is 2. The number of nitrogens with one attached hydrogen (secondary N) is 1. The zero-order valence-electron chi connectivity index (χ0n) is 11.9. The number of para-hydroxylation sites is 1. The van der Waals surface area contributed by atoms with Gasteiger partial charge in [-0.3, -0.25) is 14.9 Å². The molecule has 7 heteroatoms. The summed E-state index contributed by atoms with van der Waals surface area (Å²) in [6, 6.07) is 4.20. The first-order valence-electron chi connectivity index (χ1n) is 6.95. The Hall–Kier alpha value is -2.15. The number of rotatable bonds is 4. The molecule has 114 valence electrons. The smallest absolute Gasteiger partial charge is 0.311 e. The van der Waals surface area contributed by atoms with Crippen molar-refractivity contribution < 1.29 is 14.8 Å². The standard InChI is InChI=1S/C14H19N3O4/c1-16-8-3-2-5-10(16)9-15-14(19)11-6-4-7-12(13(11)18)17(20)21/h4,6-7,10,18H,2-3,5,8-9H2,1H3,(H,15,19). The molecule has 21 heavy (non-hydrogen) atoms. The van der Waals surface area contributed by atoms with Gasteiger partial charge in [-0.25, -0.2) is 0 Å². The Labute approximate surface area is 122 Å². The van der Waals surface area contributed by atoms with E-state index in [2.05, 4.69) is 10.2 Å². The SMILES string of the molecule is CN1CCCCC1CNC(=O)c1cccc([N+](=O)[O-])c1O. The third-order valence-corrected chi connectivity index (χ3v) is 3.88. The van der Waals surface area contributed by atoms with Gasteiger partial charge in [0.15, 0.2) is 0 Å². The van der Waals surface area contributed by atoms with Gasteiger partial charge >= 0.3 is 5.69 Å². The first kappa shape index (κ1) is 15.2. The van der Waals surface area contributed by atoms with Gasteiger partial charge in [-0.05, 0) is 32.5 Å². The molecule has 1 saturated heterocycles. The molecule has 2 rings (SSSR count). The molecular weight excluding hydrogens is 274 g/mol. The van der Waals surface area contributed by atoms with Gasteiger partial charge in [-0.15, -0.1) is 0 Å². The number of hydrogen-bond acceptors (Lipinski definition) is 5. The molecule has 0 aliphatic carbocycles. The fraction of sp³-hybridized carbons (Fsp3) is 0.500. The second-order valence-electron chi connectivity index (χ2n) is 5.27. The van der Waals surface area contributed by atoms with E-state index in [1.807, 2.05) is 7.05 Å². The second kappa shape index (κ2) is 6.53. The van der Waals surface area contributed by atoms with Gasteiger partial charge in [0.05, 0.1) is 10.5 Å². The van der Waals surface area contributed by atoms with E-state index in [-0.39, 0.29) is 11.6 Å². The number of carbonyl (C=O) groups excluding carboxylic acids is 1. The van der Waals surface area contributed by atoms with E-state index in [1.165, 1.54) is 18.2 Å². The molecule has 2 N–H and O–H groups in total. The first-order chi connectivity index (χ1) is 10.0. The van der Waals surface area contributed by atoms with E-state index >= 15 is 0 Å². The summed E-state index contributed by atoms with van der Waals surface area (Å²) in [7, 11) is 2.01. The van der Waals surface area contributed by atoms with Crippen LogP contribution in [-0.4, -0.2) is 47.0 Å². The van der Waals surface area contributed by atoms with Crippen molar-refractivity contribution in [3.8, 4) is 5.75 Å². The lowest BCUT2D eigenvalue weighted by atomic mass is 10.0. The maximum Gasteiger partial charge on any atom is 0.311 e. The van der Waals surface area contributed by atoms with Gasteiger partial charge in [-0.1, -0.05) is 12.5 Å². The fourth-order valence-corrected chi connectivity index (χ4v) is 2.57. The molecule has 0 radical (unpaired) electrons. The molecule has 0 bridgehead atoms. The minimum absolute atomic E-state index is 0.0670. The molecule has 1 aromatic carbocycles. The van der Waals surface area contributed by atoms with Gasteiger partial charge < -0.3 is 15.3 Å². The van der Waals surface area contributed by atoms with Gasteiger partial charge in [0, 0.05) is 18.7 Å². The number of amides is 1. The van der Waals surface area contributed by atoms with Crippen molar-refractivity contribution >= 4 is 11.6 Å². The highest BCUT2D eigenvalue weighted by Crippen LogP contribution is 2.29. The van der Waals surface area contributed by atoms with Crippen molar-refractivity contribution in [2.45, 2.75) is 25.3 Å². The van der Waals surface area contributed by atoms with Crippen LogP contribution in [0.1, 0.15) is 29.6 Å². The molecule has 1 amide bonds. The molecule has 0 aromatic heterocycles. The Morgan fingerprint density at radius 2 is 2.29 bits per heavy atom. The summed E-state index contributed by atoms with van der Waals surface area (Å²) in [6.45, 7) is 1.47. The van der Waals surface area contributed by atoms with E-state index in [9.17, 15) is 20.0 Å². The normalized spacial score (nSPS) is 19.2. The highest BCUT2D eigenvalue weighted by molar-refractivity contribution is 5.98. The summed E-state index contributed by atoms with van der Waals surface area (Å²) in [4.78, 5) is 24.3. The summed E-state index contributed by atoms with van der Waals surface area (Å²) in [5.41, 5.74) is -0.528. The predicted molar refractivity (Wildman–Crippen MR) is 77.4 cm³/mol. The van der Waals surface area contributed by atoms with Crippen molar-refractivity contribution in [3.63, 3.8) is 0 Å². The lowest BCUT2D eigenvalue weighted by Crippen LogP contribution is -2.44. The van der Waals surface area contributed by atoms with Crippen molar-refractivity contribution in [1.29, 1.82) is 0 Å². The molecule has 1 aromatic rings. The Morgan fingerprint density at radius 3 is 2.95 bits per heavy atom. The van der Waals surface area contributed by atoms with Crippen LogP contribution in [0.4, 0.5) is 5.69 Å². The average molecular weight is 293 g/mol. The Kier molecular flexibility index (Phi) is 4.74. The van der Waals surface area contributed by atoms with Crippen LogP contribution in [0, 0.1) is 10.1 Å². The lowest BCUT2D eigenvalue weighted by molar-refractivity contribution is -0.385. The predicted octanol–water partition coefficient (Wildman–Crippen LogP) is 1.51. The zero-order chi connectivity index (χ0) is 15.4.